The molecule has 1 aliphatic carbocycles. The zero-order chi connectivity index (χ0) is 16.7. The zero-order valence-corrected chi connectivity index (χ0v) is 12.2. The molecule has 9 heteroatoms. The lowest BCUT2D eigenvalue weighted by molar-refractivity contribution is -0.148. The highest BCUT2D eigenvalue weighted by Crippen LogP contribution is 2.38. The molecule has 1 aromatic carbocycles. The molecule has 0 saturated heterocycles. The van der Waals surface area contributed by atoms with Gasteiger partial charge in [-0.25, -0.2) is 12.8 Å². The van der Waals surface area contributed by atoms with Crippen molar-refractivity contribution in [1.29, 1.82) is 0 Å². The average Bonchev–Trinajstić information content (AvgIpc) is 2.34. The van der Waals surface area contributed by atoms with Gasteiger partial charge in [0.25, 0.3) is 0 Å². The van der Waals surface area contributed by atoms with Gasteiger partial charge in [-0.1, -0.05) is 0 Å². The highest BCUT2D eigenvalue weighted by Gasteiger charge is 2.44. The van der Waals surface area contributed by atoms with Gasteiger partial charge in [0.2, 0.25) is 0 Å². The number of alkyl halides is 3. The molecule has 1 aliphatic rings. The topological polar surface area (TPSA) is 60.4 Å². The van der Waals surface area contributed by atoms with Crippen LogP contribution in [0.1, 0.15) is 18.4 Å². The SMILES string of the molecule is COC(=O)[C@H]1C[C@H](S(=O)(=O)c2cc(F)cc(C(F)(F)F)c2)C1. The Bertz CT molecular complexity index is 690. The molecule has 1 saturated carbocycles. The van der Waals surface area contributed by atoms with Crippen LogP contribution >= 0.6 is 0 Å². The molecule has 122 valence electrons. The van der Waals surface area contributed by atoms with Crippen LogP contribution in [0.4, 0.5) is 17.6 Å². The van der Waals surface area contributed by atoms with Gasteiger partial charge in [0.05, 0.1) is 28.7 Å². The van der Waals surface area contributed by atoms with E-state index < -0.39 is 49.4 Å². The van der Waals surface area contributed by atoms with Crippen LogP contribution in [0.2, 0.25) is 0 Å². The van der Waals surface area contributed by atoms with Gasteiger partial charge in [0.1, 0.15) is 5.82 Å². The van der Waals surface area contributed by atoms with Crippen LogP contribution in [-0.4, -0.2) is 26.7 Å². The molecule has 0 spiro atoms. The summed E-state index contributed by atoms with van der Waals surface area (Å²) in [5.74, 6) is -2.45. The van der Waals surface area contributed by atoms with Crippen molar-refractivity contribution >= 4 is 15.8 Å². The first-order valence-electron chi connectivity index (χ1n) is 6.25. The normalized spacial score (nSPS) is 22.0. The van der Waals surface area contributed by atoms with Gasteiger partial charge in [-0.3, -0.25) is 4.79 Å². The van der Waals surface area contributed by atoms with Gasteiger partial charge in [-0.2, -0.15) is 13.2 Å². The third kappa shape index (κ3) is 3.08. The number of carbonyl (C=O) groups is 1. The Morgan fingerprint density at radius 3 is 2.32 bits per heavy atom. The van der Waals surface area contributed by atoms with E-state index >= 15 is 0 Å². The van der Waals surface area contributed by atoms with Crippen LogP contribution in [-0.2, 0) is 25.5 Å². The molecule has 0 bridgehead atoms. The molecule has 22 heavy (non-hydrogen) atoms. The quantitative estimate of drug-likeness (QED) is 0.627. The predicted molar refractivity (Wildman–Crippen MR) is 67.1 cm³/mol. The monoisotopic (exact) mass is 340 g/mol. The van der Waals surface area contributed by atoms with Gasteiger partial charge in [-0.15, -0.1) is 0 Å². The van der Waals surface area contributed by atoms with Crippen molar-refractivity contribution < 1.29 is 35.5 Å². The summed E-state index contributed by atoms with van der Waals surface area (Å²) in [6.45, 7) is 0. The molecular weight excluding hydrogens is 328 g/mol. The summed E-state index contributed by atoms with van der Waals surface area (Å²) in [4.78, 5) is 10.5. The van der Waals surface area contributed by atoms with Crippen LogP contribution in [0.3, 0.4) is 0 Å². The summed E-state index contributed by atoms with van der Waals surface area (Å²) >= 11 is 0. The lowest BCUT2D eigenvalue weighted by atomic mass is 9.85. The summed E-state index contributed by atoms with van der Waals surface area (Å²) in [7, 11) is -2.97. The summed E-state index contributed by atoms with van der Waals surface area (Å²) in [5.41, 5.74) is -1.37. The molecule has 2 rings (SSSR count). The van der Waals surface area contributed by atoms with Crippen molar-refractivity contribution in [2.24, 2.45) is 5.92 Å². The van der Waals surface area contributed by atoms with E-state index in [2.05, 4.69) is 4.74 Å². The van der Waals surface area contributed by atoms with E-state index in [4.69, 9.17) is 0 Å². The van der Waals surface area contributed by atoms with E-state index in [0.29, 0.717) is 12.1 Å². The van der Waals surface area contributed by atoms with Crippen molar-refractivity contribution in [3.05, 3.63) is 29.6 Å². The Labute approximate surface area is 124 Å². The Morgan fingerprint density at radius 2 is 1.82 bits per heavy atom. The Hall–Kier alpha value is -1.64. The van der Waals surface area contributed by atoms with Crippen molar-refractivity contribution in [3.63, 3.8) is 0 Å². The fourth-order valence-corrected chi connectivity index (χ4v) is 4.19. The number of hydrogen-bond donors (Lipinski definition) is 0. The third-order valence-corrected chi connectivity index (χ3v) is 5.75. The number of hydrogen-bond acceptors (Lipinski definition) is 4. The predicted octanol–water partition coefficient (Wildman–Crippen LogP) is 2.57. The number of ether oxygens (including phenoxy) is 1. The van der Waals surface area contributed by atoms with Crippen molar-refractivity contribution in [2.45, 2.75) is 29.2 Å². The second-order valence-corrected chi connectivity index (χ2v) is 7.26. The van der Waals surface area contributed by atoms with E-state index in [-0.39, 0.29) is 18.9 Å². The number of sulfone groups is 1. The maximum absolute atomic E-state index is 13.3. The molecule has 0 atom stereocenters. The molecule has 1 fully saturated rings. The van der Waals surface area contributed by atoms with Gasteiger partial charge in [-0.05, 0) is 31.0 Å². The van der Waals surface area contributed by atoms with E-state index in [1.807, 2.05) is 0 Å². The fraction of sp³-hybridized carbons (Fsp3) is 0.462. The molecule has 0 unspecified atom stereocenters. The number of halogens is 4. The summed E-state index contributed by atoms with van der Waals surface area (Å²) in [6.07, 6.45) is -4.94. The second kappa shape index (κ2) is 5.53. The lowest BCUT2D eigenvalue weighted by Crippen LogP contribution is -2.40. The van der Waals surface area contributed by atoms with Gasteiger partial charge in [0.15, 0.2) is 9.84 Å². The van der Waals surface area contributed by atoms with Crippen molar-refractivity contribution in [2.75, 3.05) is 7.11 Å². The number of rotatable bonds is 3. The van der Waals surface area contributed by atoms with Crippen molar-refractivity contribution in [3.8, 4) is 0 Å². The molecule has 0 aromatic heterocycles. The van der Waals surface area contributed by atoms with Crippen LogP contribution in [0, 0.1) is 11.7 Å². The molecule has 0 N–H and O–H groups in total. The van der Waals surface area contributed by atoms with E-state index in [9.17, 15) is 30.8 Å². The average molecular weight is 340 g/mol. The van der Waals surface area contributed by atoms with Gasteiger partial charge >= 0.3 is 12.1 Å². The Morgan fingerprint density at radius 1 is 1.23 bits per heavy atom. The fourth-order valence-electron chi connectivity index (χ4n) is 2.26. The van der Waals surface area contributed by atoms with Crippen LogP contribution < -0.4 is 0 Å². The third-order valence-electron chi connectivity index (χ3n) is 3.60. The first kappa shape index (κ1) is 16.7. The molecule has 0 aliphatic heterocycles. The minimum Gasteiger partial charge on any atom is -0.469 e. The first-order chi connectivity index (χ1) is 10.1. The van der Waals surface area contributed by atoms with E-state index in [1.54, 1.807) is 0 Å². The minimum atomic E-state index is -4.85. The second-order valence-electron chi connectivity index (χ2n) is 5.03. The number of methoxy groups -OCH3 is 1. The zero-order valence-electron chi connectivity index (χ0n) is 11.4. The summed E-state index contributed by atoms with van der Waals surface area (Å²) < 4.78 is 80.1. The van der Waals surface area contributed by atoms with Gasteiger partial charge in [0, 0.05) is 0 Å². The van der Waals surface area contributed by atoms with Gasteiger partial charge < -0.3 is 4.74 Å². The van der Waals surface area contributed by atoms with Crippen LogP contribution in [0.25, 0.3) is 0 Å². The molecule has 1 aromatic rings. The standard InChI is InChI=1S/C13H12F4O4S/c1-21-12(18)7-2-10(3-7)22(19,20)11-5-8(13(15,16)17)4-9(14)6-11/h4-7,10H,2-3H2,1H3/t7-,10-. The maximum Gasteiger partial charge on any atom is 0.416 e. The highest BCUT2D eigenvalue weighted by molar-refractivity contribution is 7.92. The smallest absolute Gasteiger partial charge is 0.416 e. The highest BCUT2D eigenvalue weighted by atomic mass is 32.2. The van der Waals surface area contributed by atoms with Crippen LogP contribution in [0.15, 0.2) is 23.1 Å². The Kier molecular flexibility index (Phi) is 4.20. The molecule has 0 radical (unpaired) electrons. The van der Waals surface area contributed by atoms with E-state index in [0.717, 1.165) is 7.11 Å². The maximum atomic E-state index is 13.3. The lowest BCUT2D eigenvalue weighted by Gasteiger charge is -2.32. The first-order valence-corrected chi connectivity index (χ1v) is 7.80. The Balaban J connectivity index is 2.28. The summed E-state index contributed by atoms with van der Waals surface area (Å²) in [5, 5.41) is -1.01. The number of esters is 1. The van der Waals surface area contributed by atoms with E-state index in [1.165, 1.54) is 0 Å². The number of benzene rings is 1. The largest absolute Gasteiger partial charge is 0.469 e. The van der Waals surface area contributed by atoms with Crippen molar-refractivity contribution in [1.82, 2.24) is 0 Å². The summed E-state index contributed by atoms with van der Waals surface area (Å²) in [6, 6.07) is 1.19. The minimum absolute atomic E-state index is 0.0487. The van der Waals surface area contributed by atoms with Crippen LogP contribution in [0.5, 0.6) is 0 Å². The molecule has 4 nitrogen and oxygen atoms in total. The molecule has 0 heterocycles. The molecule has 0 amide bonds. The molecular formula is C13H12F4O4S. The number of carbonyl (C=O) groups excluding carboxylic acids is 1.